The normalized spacial score (nSPS) is 10.6. The topological polar surface area (TPSA) is 145 Å². The average molecular weight is 593 g/mol. The molecule has 0 radical (unpaired) electrons. The molecule has 0 fully saturated rings. The highest BCUT2D eigenvalue weighted by Crippen LogP contribution is 2.25. The molecule has 2 heterocycles. The summed E-state index contributed by atoms with van der Waals surface area (Å²) in [5.41, 5.74) is 12.1. The fraction of sp³-hybridized carbons (Fsp3) is 0.161. The van der Waals surface area contributed by atoms with Gasteiger partial charge in [0.2, 0.25) is 23.8 Å². The predicted molar refractivity (Wildman–Crippen MR) is 170 cm³/mol. The number of nitrogens with zero attached hydrogens (tertiary/aromatic N) is 6. The van der Waals surface area contributed by atoms with Crippen molar-refractivity contribution in [1.82, 2.24) is 24.5 Å². The van der Waals surface area contributed by atoms with E-state index in [9.17, 15) is 10.1 Å². The zero-order valence-corrected chi connectivity index (χ0v) is 25.0. The molecule has 0 unspecified atom stereocenters. The summed E-state index contributed by atoms with van der Waals surface area (Å²) in [4.78, 5) is 31.3. The zero-order valence-electron chi connectivity index (χ0n) is 24.2. The molecule has 0 bridgehead atoms. The van der Waals surface area contributed by atoms with Crippen molar-refractivity contribution in [3.8, 4) is 17.3 Å². The number of hydrazine groups is 1. The molecule has 0 atom stereocenters. The van der Waals surface area contributed by atoms with E-state index in [-0.39, 0.29) is 23.2 Å². The summed E-state index contributed by atoms with van der Waals surface area (Å²) in [7, 11) is 1.51. The largest absolute Gasteiger partial charge is 0.324 e. The van der Waals surface area contributed by atoms with Gasteiger partial charge >= 0.3 is 0 Å². The van der Waals surface area contributed by atoms with E-state index in [1.807, 2.05) is 58.0 Å². The van der Waals surface area contributed by atoms with Gasteiger partial charge in [-0.15, -0.1) is 0 Å². The summed E-state index contributed by atoms with van der Waals surface area (Å²) >= 11 is 6.03. The monoisotopic (exact) mass is 592 g/mol. The van der Waals surface area contributed by atoms with Crippen molar-refractivity contribution in [1.29, 1.82) is 5.26 Å². The number of nitriles is 1. The lowest BCUT2D eigenvalue weighted by Gasteiger charge is -2.16. The minimum atomic E-state index is -0.517. The van der Waals surface area contributed by atoms with E-state index in [4.69, 9.17) is 11.6 Å². The third-order valence-corrected chi connectivity index (χ3v) is 6.95. The quantitative estimate of drug-likeness (QED) is 0.151. The van der Waals surface area contributed by atoms with Crippen molar-refractivity contribution < 1.29 is 0 Å². The number of halogens is 1. The van der Waals surface area contributed by atoms with E-state index in [0.717, 1.165) is 33.6 Å². The first kappa shape index (κ1) is 29.0. The van der Waals surface area contributed by atoms with Crippen LogP contribution in [0.1, 0.15) is 27.8 Å². The minimum Gasteiger partial charge on any atom is -0.324 e. The summed E-state index contributed by atoms with van der Waals surface area (Å²) in [5, 5.41) is 16.8. The molecule has 11 nitrogen and oxygen atoms in total. The number of hydrogen-bond donors (Lipinski definition) is 4. The molecule has 216 valence electrons. The SMILES string of the molecule is Cc1ccc(Nc2nc(NNc3nc(-c4ccc(Cl)cc4)c(C#N)c(=O)n3C)nc(Nc3ccc(C)cc3C)n2)c(C)c1. The summed E-state index contributed by atoms with van der Waals surface area (Å²) in [6.07, 6.45) is 0. The van der Waals surface area contributed by atoms with Crippen LogP contribution in [0.2, 0.25) is 5.02 Å². The molecule has 0 aliphatic carbocycles. The number of aryl methyl sites for hydroxylation is 4. The van der Waals surface area contributed by atoms with Crippen LogP contribution in [0, 0.1) is 39.0 Å². The average Bonchev–Trinajstić information content (AvgIpc) is 2.97. The smallest absolute Gasteiger partial charge is 0.273 e. The molecule has 0 saturated carbocycles. The Morgan fingerprint density at radius 2 is 1.28 bits per heavy atom. The third-order valence-electron chi connectivity index (χ3n) is 6.70. The maximum absolute atomic E-state index is 13.1. The molecule has 5 rings (SSSR count). The third kappa shape index (κ3) is 6.55. The molecule has 0 spiro atoms. The molecule has 2 aromatic heterocycles. The molecular weight excluding hydrogens is 564 g/mol. The van der Waals surface area contributed by atoms with E-state index in [1.165, 1.54) is 11.6 Å². The van der Waals surface area contributed by atoms with Gasteiger partial charge in [-0.05, 0) is 63.1 Å². The number of nitrogens with one attached hydrogen (secondary N) is 4. The summed E-state index contributed by atoms with van der Waals surface area (Å²) in [6.45, 7) is 8.06. The van der Waals surface area contributed by atoms with Gasteiger partial charge < -0.3 is 10.6 Å². The van der Waals surface area contributed by atoms with Crippen LogP contribution >= 0.6 is 11.6 Å². The molecule has 43 heavy (non-hydrogen) atoms. The Kier molecular flexibility index (Phi) is 8.23. The van der Waals surface area contributed by atoms with E-state index in [1.54, 1.807) is 24.3 Å². The number of aromatic nitrogens is 5. The number of benzene rings is 3. The van der Waals surface area contributed by atoms with E-state index >= 15 is 0 Å². The Bertz CT molecular complexity index is 1860. The van der Waals surface area contributed by atoms with Crippen molar-refractivity contribution in [3.63, 3.8) is 0 Å². The summed E-state index contributed by atoms with van der Waals surface area (Å²) in [6, 6.07) is 20.8. The number of rotatable bonds is 8. The van der Waals surface area contributed by atoms with Crippen LogP contribution in [-0.4, -0.2) is 24.5 Å². The van der Waals surface area contributed by atoms with Crippen molar-refractivity contribution in [2.45, 2.75) is 27.7 Å². The second-order valence-electron chi connectivity index (χ2n) is 10.1. The first-order valence-corrected chi connectivity index (χ1v) is 13.7. The fourth-order valence-electron chi connectivity index (χ4n) is 4.44. The number of anilines is 6. The fourth-order valence-corrected chi connectivity index (χ4v) is 4.56. The lowest BCUT2D eigenvalue weighted by atomic mass is 10.1. The predicted octanol–water partition coefficient (Wildman–Crippen LogP) is 6.32. The van der Waals surface area contributed by atoms with Crippen LogP contribution in [0.3, 0.4) is 0 Å². The standard InChI is InChI=1S/C31H29ClN10O/c1-17-6-12-24(19(3)14-17)34-28-37-29(35-25-13-7-18(2)15-20(25)4)39-30(38-28)40-41-31-36-26(21-8-10-22(32)11-9-21)23(16-33)27(43)42(31)5/h6-15H,1-5H3,(H,36,41)(H3,34,35,37,38,39,40). The van der Waals surface area contributed by atoms with E-state index in [0.29, 0.717) is 22.5 Å². The second-order valence-corrected chi connectivity index (χ2v) is 10.5. The minimum absolute atomic E-state index is 0.0876. The van der Waals surface area contributed by atoms with Gasteiger partial charge in [-0.2, -0.15) is 20.2 Å². The first-order valence-electron chi connectivity index (χ1n) is 13.3. The summed E-state index contributed by atoms with van der Waals surface area (Å²) in [5.74, 6) is 0.882. The van der Waals surface area contributed by atoms with Gasteiger partial charge in [-0.25, -0.2) is 4.98 Å². The molecule has 0 aliphatic heterocycles. The lowest BCUT2D eigenvalue weighted by molar-refractivity contribution is 0.829. The van der Waals surface area contributed by atoms with Gasteiger partial charge in [0.15, 0.2) is 0 Å². The second kappa shape index (κ2) is 12.2. The molecule has 0 saturated heterocycles. The molecule has 4 N–H and O–H groups in total. The Morgan fingerprint density at radius 3 is 1.79 bits per heavy atom. The molecule has 12 heteroatoms. The van der Waals surface area contributed by atoms with Crippen LogP contribution in [0.15, 0.2) is 65.5 Å². The highest BCUT2D eigenvalue weighted by atomic mass is 35.5. The van der Waals surface area contributed by atoms with Crippen molar-refractivity contribution in [3.05, 3.63) is 104 Å². The van der Waals surface area contributed by atoms with Gasteiger partial charge in [-0.3, -0.25) is 20.2 Å². The summed E-state index contributed by atoms with van der Waals surface area (Å²) < 4.78 is 1.23. The van der Waals surface area contributed by atoms with Gasteiger partial charge in [-0.1, -0.05) is 59.1 Å². The maximum atomic E-state index is 13.1. The highest BCUT2D eigenvalue weighted by molar-refractivity contribution is 6.30. The van der Waals surface area contributed by atoms with Gasteiger partial charge in [0.05, 0.1) is 5.69 Å². The van der Waals surface area contributed by atoms with Crippen LogP contribution in [0.4, 0.5) is 35.2 Å². The molecule has 0 amide bonds. The Labute approximate surface area is 253 Å². The van der Waals surface area contributed by atoms with Crippen molar-refractivity contribution >= 4 is 46.8 Å². The first-order chi connectivity index (χ1) is 20.6. The van der Waals surface area contributed by atoms with Gasteiger partial charge in [0.25, 0.3) is 5.56 Å². The van der Waals surface area contributed by atoms with Gasteiger partial charge in [0, 0.05) is 29.0 Å². The molecular formula is C31H29ClN10O. The van der Waals surface area contributed by atoms with Crippen LogP contribution in [0.5, 0.6) is 0 Å². The van der Waals surface area contributed by atoms with Crippen molar-refractivity contribution in [2.75, 3.05) is 21.5 Å². The van der Waals surface area contributed by atoms with Crippen LogP contribution in [-0.2, 0) is 7.05 Å². The highest BCUT2D eigenvalue weighted by Gasteiger charge is 2.17. The maximum Gasteiger partial charge on any atom is 0.273 e. The van der Waals surface area contributed by atoms with Crippen LogP contribution < -0.4 is 27.0 Å². The Morgan fingerprint density at radius 1 is 0.744 bits per heavy atom. The number of hydrogen-bond acceptors (Lipinski definition) is 10. The van der Waals surface area contributed by atoms with E-state index in [2.05, 4.69) is 53.6 Å². The zero-order chi connectivity index (χ0) is 30.7. The molecule has 5 aromatic rings. The molecule has 3 aromatic carbocycles. The van der Waals surface area contributed by atoms with Crippen LogP contribution in [0.25, 0.3) is 11.3 Å². The lowest BCUT2D eigenvalue weighted by Crippen LogP contribution is -2.27. The van der Waals surface area contributed by atoms with E-state index < -0.39 is 5.56 Å². The Hall–Kier alpha value is -5.47. The Balaban J connectivity index is 1.50. The molecule has 0 aliphatic rings. The van der Waals surface area contributed by atoms with Gasteiger partial charge in [0.1, 0.15) is 11.6 Å². The van der Waals surface area contributed by atoms with Crippen molar-refractivity contribution in [2.24, 2.45) is 7.05 Å².